The molecule has 4 N–H and O–H groups in total. The van der Waals surface area contributed by atoms with Gasteiger partial charge in [0.25, 0.3) is 0 Å². The highest BCUT2D eigenvalue weighted by Gasteiger charge is 2.19. The molecule has 23 heavy (non-hydrogen) atoms. The molecule has 0 atom stereocenters. The maximum atomic E-state index is 12.4. The van der Waals surface area contributed by atoms with Gasteiger partial charge in [0.05, 0.1) is 23.8 Å². The van der Waals surface area contributed by atoms with E-state index in [1.165, 1.54) is 6.20 Å². The molecule has 0 bridgehead atoms. The van der Waals surface area contributed by atoms with Gasteiger partial charge in [0.2, 0.25) is 10.0 Å². The second-order valence-corrected chi connectivity index (χ2v) is 6.52. The molecule has 8 nitrogen and oxygen atoms in total. The number of nitrogen functional groups attached to an aromatic ring is 1. The lowest BCUT2D eigenvalue weighted by Crippen LogP contribution is -2.14. The number of primary sulfonamides is 1. The molecule has 0 aromatic carbocycles. The monoisotopic (exact) mass is 348 g/mol. The molecule has 0 fully saturated rings. The van der Waals surface area contributed by atoms with E-state index in [0.717, 1.165) is 18.5 Å². The van der Waals surface area contributed by atoms with E-state index in [0.29, 0.717) is 4.68 Å². The molecule has 0 saturated carbocycles. The van der Waals surface area contributed by atoms with Crippen LogP contribution in [0.15, 0.2) is 29.6 Å². The minimum atomic E-state index is -4.08. The summed E-state index contributed by atoms with van der Waals surface area (Å²) < 4.78 is 48.1. The molecule has 0 radical (unpaired) electrons. The molecule has 0 aliphatic rings. The molecule has 0 amide bonds. The average Bonchev–Trinajstić information content (AvgIpc) is 2.86. The highest BCUT2D eigenvalue weighted by atomic mass is 32.2. The van der Waals surface area contributed by atoms with Crippen molar-refractivity contribution in [3.8, 4) is 11.3 Å². The highest BCUT2D eigenvalue weighted by Crippen LogP contribution is 2.26. The normalized spacial score (nSPS) is 11.5. The van der Waals surface area contributed by atoms with Crippen LogP contribution in [0, 0.1) is 0 Å². The van der Waals surface area contributed by atoms with Gasteiger partial charge in [-0.15, -0.1) is 0 Å². The molecule has 0 unspecified atom stereocenters. The molecule has 2 aromatic heterocycles. The summed E-state index contributed by atoms with van der Waals surface area (Å²) >= 11 is 0. The Bertz CT molecular complexity index is 758. The number of hydrogen-bond donors (Lipinski definition) is 2. The number of anilines is 1. The van der Waals surface area contributed by atoms with Gasteiger partial charge in [0, 0.05) is 11.8 Å². The first-order chi connectivity index (χ1) is 10.5. The Labute approximate surface area is 132 Å². The van der Waals surface area contributed by atoms with Crippen molar-refractivity contribution in [2.75, 3.05) is 26.9 Å². The molecular weight excluding hydrogens is 330 g/mol. The zero-order chi connectivity index (χ0) is 17.8. The summed E-state index contributed by atoms with van der Waals surface area (Å²) in [6.45, 7) is -2.83. The summed E-state index contributed by atoms with van der Waals surface area (Å²) in [6.07, 6.45) is 3.24. The molecule has 0 saturated heterocycles. The quantitative estimate of drug-likeness (QED) is 0.844. The van der Waals surface area contributed by atoms with Gasteiger partial charge in [0.1, 0.15) is 4.90 Å². The van der Waals surface area contributed by atoms with Crippen molar-refractivity contribution in [1.29, 1.82) is 0 Å². The average molecular weight is 348 g/mol. The standard InChI is InChI=1S/C9H9F2N5O2S.C3H9N/c10-9(11)16-4-5(2-15-16)8-7(19(13,17)18)1-6(12)3-14-8;1-4(2)3/h1-4,9H,12H2,(H2,13,17,18);1-3H3. The maximum Gasteiger partial charge on any atom is 0.333 e. The summed E-state index contributed by atoms with van der Waals surface area (Å²) in [4.78, 5) is 5.46. The fraction of sp³-hybridized carbons (Fsp3) is 0.333. The third-order valence-electron chi connectivity index (χ3n) is 2.26. The number of sulfonamides is 1. The van der Waals surface area contributed by atoms with Gasteiger partial charge >= 0.3 is 6.55 Å². The van der Waals surface area contributed by atoms with Gasteiger partial charge < -0.3 is 10.6 Å². The first kappa shape index (κ1) is 18.9. The van der Waals surface area contributed by atoms with Crippen LogP contribution in [0.1, 0.15) is 6.55 Å². The smallest absolute Gasteiger partial charge is 0.333 e. The lowest BCUT2D eigenvalue weighted by molar-refractivity contribution is 0.0566. The fourth-order valence-corrected chi connectivity index (χ4v) is 2.20. The number of halogens is 2. The Morgan fingerprint density at radius 3 is 2.26 bits per heavy atom. The number of aromatic nitrogens is 3. The number of nitrogens with zero attached hydrogens (tertiary/aromatic N) is 4. The molecule has 2 aromatic rings. The first-order valence-electron chi connectivity index (χ1n) is 6.24. The van der Waals surface area contributed by atoms with E-state index in [1.807, 2.05) is 26.0 Å². The number of rotatable bonds is 3. The second kappa shape index (κ2) is 7.44. The van der Waals surface area contributed by atoms with Gasteiger partial charge in [-0.3, -0.25) is 4.98 Å². The largest absolute Gasteiger partial charge is 0.397 e. The molecule has 2 heterocycles. The van der Waals surface area contributed by atoms with Crippen LogP contribution in [0.25, 0.3) is 11.3 Å². The fourth-order valence-electron chi connectivity index (χ4n) is 1.46. The van der Waals surface area contributed by atoms with Crippen molar-refractivity contribution in [3.05, 3.63) is 24.7 Å². The Balaban J connectivity index is 0.000000593. The van der Waals surface area contributed by atoms with Crippen LogP contribution in [0.3, 0.4) is 0 Å². The van der Waals surface area contributed by atoms with Crippen LogP contribution in [0.5, 0.6) is 0 Å². The summed E-state index contributed by atoms with van der Waals surface area (Å²) in [5, 5.41) is 8.43. The predicted molar refractivity (Wildman–Crippen MR) is 82.1 cm³/mol. The summed E-state index contributed by atoms with van der Waals surface area (Å²) in [7, 11) is 1.92. The molecular formula is C12H18F2N6O2S. The van der Waals surface area contributed by atoms with Crippen molar-refractivity contribution in [1.82, 2.24) is 19.7 Å². The maximum absolute atomic E-state index is 12.4. The molecule has 128 valence electrons. The summed E-state index contributed by atoms with van der Waals surface area (Å²) in [6, 6.07) is 1.11. The minimum absolute atomic E-state index is 0.0800. The number of pyridine rings is 1. The number of alkyl halides is 2. The van der Waals surface area contributed by atoms with Crippen molar-refractivity contribution in [2.24, 2.45) is 5.14 Å². The van der Waals surface area contributed by atoms with E-state index in [-0.39, 0.29) is 21.8 Å². The van der Waals surface area contributed by atoms with E-state index in [9.17, 15) is 17.2 Å². The van der Waals surface area contributed by atoms with E-state index in [2.05, 4.69) is 10.1 Å². The summed E-state index contributed by atoms with van der Waals surface area (Å²) in [5.41, 5.74) is 5.55. The van der Waals surface area contributed by atoms with E-state index >= 15 is 0 Å². The topological polar surface area (TPSA) is 120 Å². The lowest BCUT2D eigenvalue weighted by atomic mass is 10.2. The molecule has 0 aliphatic heterocycles. The Hall–Kier alpha value is -2.11. The molecule has 0 aliphatic carbocycles. The van der Waals surface area contributed by atoms with Gasteiger partial charge in [-0.05, 0) is 27.2 Å². The van der Waals surface area contributed by atoms with Crippen LogP contribution < -0.4 is 10.9 Å². The van der Waals surface area contributed by atoms with Crippen molar-refractivity contribution >= 4 is 15.7 Å². The third-order valence-corrected chi connectivity index (χ3v) is 3.18. The van der Waals surface area contributed by atoms with E-state index < -0.39 is 16.6 Å². The van der Waals surface area contributed by atoms with Crippen LogP contribution in [0.2, 0.25) is 0 Å². The highest BCUT2D eigenvalue weighted by molar-refractivity contribution is 7.89. The Morgan fingerprint density at radius 1 is 1.26 bits per heavy atom. The van der Waals surface area contributed by atoms with Gasteiger partial charge in [0.15, 0.2) is 0 Å². The van der Waals surface area contributed by atoms with Gasteiger partial charge in [-0.2, -0.15) is 13.9 Å². The predicted octanol–water partition coefficient (Wildman–Crippen LogP) is 0.748. The Morgan fingerprint density at radius 2 is 1.83 bits per heavy atom. The number of hydrogen-bond acceptors (Lipinski definition) is 6. The molecule has 2 rings (SSSR count). The van der Waals surface area contributed by atoms with E-state index in [4.69, 9.17) is 10.9 Å². The van der Waals surface area contributed by atoms with E-state index in [1.54, 1.807) is 0 Å². The van der Waals surface area contributed by atoms with Crippen molar-refractivity contribution in [2.45, 2.75) is 11.4 Å². The zero-order valence-corrected chi connectivity index (χ0v) is 13.6. The van der Waals surface area contributed by atoms with Crippen molar-refractivity contribution < 1.29 is 17.2 Å². The second-order valence-electron chi connectivity index (χ2n) is 4.99. The first-order valence-corrected chi connectivity index (χ1v) is 7.79. The van der Waals surface area contributed by atoms with Crippen LogP contribution in [0.4, 0.5) is 14.5 Å². The molecule has 0 spiro atoms. The minimum Gasteiger partial charge on any atom is -0.397 e. The summed E-state index contributed by atoms with van der Waals surface area (Å²) in [5.74, 6) is 0. The van der Waals surface area contributed by atoms with Crippen LogP contribution in [-0.2, 0) is 10.0 Å². The third kappa shape index (κ3) is 5.54. The van der Waals surface area contributed by atoms with Gasteiger partial charge in [-0.1, -0.05) is 0 Å². The SMILES string of the molecule is CN(C)C.Nc1cnc(-c2cnn(C(F)F)c2)c(S(N)(=O)=O)c1. The van der Waals surface area contributed by atoms with Crippen molar-refractivity contribution in [3.63, 3.8) is 0 Å². The van der Waals surface area contributed by atoms with Gasteiger partial charge in [-0.25, -0.2) is 18.2 Å². The zero-order valence-electron chi connectivity index (χ0n) is 12.8. The molecule has 11 heteroatoms. The van der Waals surface area contributed by atoms with Crippen LogP contribution >= 0.6 is 0 Å². The lowest BCUT2D eigenvalue weighted by Gasteiger charge is -2.05. The Kier molecular flexibility index (Phi) is 6.12. The van der Waals surface area contributed by atoms with Crippen LogP contribution in [-0.4, -0.2) is 49.2 Å². The number of nitrogens with two attached hydrogens (primary N) is 2.